The maximum Gasteiger partial charge on any atom is 0.0952 e. The lowest BCUT2D eigenvalue weighted by Crippen LogP contribution is -2.12. The molecule has 78 valence electrons. The van der Waals surface area contributed by atoms with E-state index in [9.17, 15) is 0 Å². The third-order valence-corrected chi connectivity index (χ3v) is 2.27. The molecule has 2 N–H and O–H groups in total. The average Bonchev–Trinajstić information content (AvgIpc) is 2.67. The fraction of sp³-hybridized carbons (Fsp3) is 0.273. The first-order valence-electron chi connectivity index (χ1n) is 4.93. The second-order valence-corrected chi connectivity index (χ2v) is 3.56. The maximum absolute atomic E-state index is 5.83. The van der Waals surface area contributed by atoms with Gasteiger partial charge < -0.3 is 10.3 Å². The van der Waals surface area contributed by atoms with E-state index in [1.54, 1.807) is 18.7 Å². The topological polar surface area (TPSA) is 56.7 Å². The zero-order valence-corrected chi connectivity index (χ0v) is 8.67. The number of imidazole rings is 1. The summed E-state index contributed by atoms with van der Waals surface area (Å²) in [6.45, 7) is 2.67. The van der Waals surface area contributed by atoms with Crippen LogP contribution in [0.15, 0.2) is 36.9 Å². The van der Waals surface area contributed by atoms with Crippen molar-refractivity contribution >= 4 is 0 Å². The van der Waals surface area contributed by atoms with E-state index in [4.69, 9.17) is 5.73 Å². The quantitative estimate of drug-likeness (QED) is 0.817. The Balaban J connectivity index is 2.21. The van der Waals surface area contributed by atoms with E-state index in [1.807, 2.05) is 29.7 Å². The molecular weight excluding hydrogens is 188 g/mol. The minimum Gasteiger partial charge on any atom is -0.327 e. The molecule has 0 fully saturated rings. The van der Waals surface area contributed by atoms with Crippen LogP contribution in [0.1, 0.15) is 24.4 Å². The lowest BCUT2D eigenvalue weighted by Gasteiger charge is -2.09. The molecule has 4 heteroatoms. The first kappa shape index (κ1) is 9.86. The van der Waals surface area contributed by atoms with Crippen molar-refractivity contribution in [2.75, 3.05) is 0 Å². The van der Waals surface area contributed by atoms with E-state index in [-0.39, 0.29) is 6.04 Å². The van der Waals surface area contributed by atoms with Gasteiger partial charge >= 0.3 is 0 Å². The van der Waals surface area contributed by atoms with Gasteiger partial charge in [0.2, 0.25) is 0 Å². The van der Waals surface area contributed by atoms with Gasteiger partial charge in [-0.15, -0.1) is 0 Å². The Hall–Kier alpha value is -1.68. The molecule has 0 unspecified atom stereocenters. The molecule has 0 spiro atoms. The first-order valence-corrected chi connectivity index (χ1v) is 4.93. The van der Waals surface area contributed by atoms with Crippen LogP contribution >= 0.6 is 0 Å². The van der Waals surface area contributed by atoms with Crippen LogP contribution in [-0.2, 0) is 6.54 Å². The number of pyridine rings is 1. The molecule has 0 bridgehead atoms. The summed E-state index contributed by atoms with van der Waals surface area (Å²) in [7, 11) is 0. The summed E-state index contributed by atoms with van der Waals surface area (Å²) in [5.41, 5.74) is 7.87. The minimum absolute atomic E-state index is 0.00351. The van der Waals surface area contributed by atoms with Crippen molar-refractivity contribution in [2.24, 2.45) is 5.73 Å². The molecular formula is C11H14N4. The van der Waals surface area contributed by atoms with E-state index in [2.05, 4.69) is 9.97 Å². The highest BCUT2D eigenvalue weighted by Gasteiger charge is 2.06. The van der Waals surface area contributed by atoms with Crippen LogP contribution < -0.4 is 5.73 Å². The van der Waals surface area contributed by atoms with E-state index >= 15 is 0 Å². The van der Waals surface area contributed by atoms with Gasteiger partial charge in [-0.1, -0.05) is 6.07 Å². The largest absolute Gasteiger partial charge is 0.327 e. The maximum atomic E-state index is 5.83. The molecule has 4 nitrogen and oxygen atoms in total. The van der Waals surface area contributed by atoms with Crippen LogP contribution in [0.3, 0.4) is 0 Å². The van der Waals surface area contributed by atoms with Crippen molar-refractivity contribution < 1.29 is 0 Å². The fourth-order valence-corrected chi connectivity index (χ4v) is 1.51. The molecule has 0 aromatic carbocycles. The van der Waals surface area contributed by atoms with Crippen LogP contribution in [0.5, 0.6) is 0 Å². The molecule has 0 aliphatic carbocycles. The van der Waals surface area contributed by atoms with Gasteiger partial charge in [-0.05, 0) is 19.1 Å². The number of aromatic nitrogens is 3. The number of nitrogens with two attached hydrogens (primary N) is 1. The Morgan fingerprint density at radius 1 is 1.47 bits per heavy atom. The van der Waals surface area contributed by atoms with Crippen molar-refractivity contribution in [1.29, 1.82) is 0 Å². The van der Waals surface area contributed by atoms with E-state index in [0.29, 0.717) is 0 Å². The van der Waals surface area contributed by atoms with Gasteiger partial charge in [0, 0.05) is 18.4 Å². The van der Waals surface area contributed by atoms with Crippen molar-refractivity contribution in [3.05, 3.63) is 48.3 Å². The summed E-state index contributed by atoms with van der Waals surface area (Å²) in [6, 6.07) is 5.87. The highest BCUT2D eigenvalue weighted by Crippen LogP contribution is 2.10. The van der Waals surface area contributed by atoms with Crippen molar-refractivity contribution in [3.63, 3.8) is 0 Å². The summed E-state index contributed by atoms with van der Waals surface area (Å²) in [4.78, 5) is 8.36. The molecule has 0 saturated heterocycles. The average molecular weight is 202 g/mol. The first-order chi connectivity index (χ1) is 7.27. The molecule has 2 aromatic heterocycles. The summed E-state index contributed by atoms with van der Waals surface area (Å²) in [5, 5.41) is 0. The predicted molar refractivity (Wildman–Crippen MR) is 58.2 cm³/mol. The number of rotatable bonds is 3. The monoisotopic (exact) mass is 202 g/mol. The second kappa shape index (κ2) is 4.23. The Morgan fingerprint density at radius 3 is 3.00 bits per heavy atom. The summed E-state index contributed by atoms with van der Waals surface area (Å²) in [6.07, 6.45) is 5.37. The van der Waals surface area contributed by atoms with Gasteiger partial charge in [0.25, 0.3) is 0 Å². The van der Waals surface area contributed by atoms with Gasteiger partial charge in [-0.3, -0.25) is 4.98 Å². The van der Waals surface area contributed by atoms with E-state index < -0.39 is 0 Å². The van der Waals surface area contributed by atoms with E-state index in [1.165, 1.54) is 0 Å². The molecule has 0 amide bonds. The summed E-state index contributed by atoms with van der Waals surface area (Å²) >= 11 is 0. The van der Waals surface area contributed by atoms with Crippen LogP contribution in [0.4, 0.5) is 0 Å². The van der Waals surface area contributed by atoms with Crippen LogP contribution in [0.25, 0.3) is 0 Å². The molecule has 2 heterocycles. The standard InChI is InChI=1S/C11H14N4/c1-9(12)11-6-13-8-15(11)7-10-4-2-3-5-14-10/h2-6,8-9H,7,12H2,1H3/t9-/m1/s1. The number of nitrogens with zero attached hydrogens (tertiary/aromatic N) is 3. The second-order valence-electron chi connectivity index (χ2n) is 3.56. The summed E-state index contributed by atoms with van der Waals surface area (Å²) < 4.78 is 2.02. The van der Waals surface area contributed by atoms with Gasteiger partial charge in [0.05, 0.1) is 24.3 Å². The molecule has 15 heavy (non-hydrogen) atoms. The Bertz CT molecular complexity index is 419. The van der Waals surface area contributed by atoms with Gasteiger partial charge in [0.15, 0.2) is 0 Å². The highest BCUT2D eigenvalue weighted by atomic mass is 15.1. The highest BCUT2D eigenvalue weighted by molar-refractivity contribution is 5.09. The van der Waals surface area contributed by atoms with E-state index in [0.717, 1.165) is 17.9 Å². The zero-order valence-electron chi connectivity index (χ0n) is 8.67. The lowest BCUT2D eigenvalue weighted by molar-refractivity contribution is 0.666. The van der Waals surface area contributed by atoms with Crippen LogP contribution in [-0.4, -0.2) is 14.5 Å². The van der Waals surface area contributed by atoms with Crippen molar-refractivity contribution in [3.8, 4) is 0 Å². The van der Waals surface area contributed by atoms with Gasteiger partial charge in [-0.25, -0.2) is 4.98 Å². The molecule has 2 aromatic rings. The normalized spacial score (nSPS) is 12.7. The lowest BCUT2D eigenvalue weighted by atomic mass is 10.2. The minimum atomic E-state index is -0.00351. The molecule has 2 rings (SSSR count). The van der Waals surface area contributed by atoms with Crippen LogP contribution in [0, 0.1) is 0 Å². The molecule has 0 aliphatic heterocycles. The third kappa shape index (κ3) is 2.22. The molecule has 1 atom stereocenters. The molecule has 0 radical (unpaired) electrons. The number of hydrogen-bond donors (Lipinski definition) is 1. The fourth-order valence-electron chi connectivity index (χ4n) is 1.51. The predicted octanol–water partition coefficient (Wildman–Crippen LogP) is 1.35. The summed E-state index contributed by atoms with van der Waals surface area (Å²) in [5.74, 6) is 0. The van der Waals surface area contributed by atoms with Gasteiger partial charge in [-0.2, -0.15) is 0 Å². The smallest absolute Gasteiger partial charge is 0.0952 e. The van der Waals surface area contributed by atoms with Crippen LogP contribution in [0.2, 0.25) is 0 Å². The zero-order chi connectivity index (χ0) is 10.7. The van der Waals surface area contributed by atoms with Gasteiger partial charge in [0.1, 0.15) is 0 Å². The Labute approximate surface area is 88.8 Å². The molecule has 0 saturated carbocycles. The Kier molecular flexibility index (Phi) is 2.78. The SMILES string of the molecule is C[C@@H](N)c1cncn1Cc1ccccn1. The van der Waals surface area contributed by atoms with Crippen molar-refractivity contribution in [1.82, 2.24) is 14.5 Å². The van der Waals surface area contributed by atoms with Crippen molar-refractivity contribution in [2.45, 2.75) is 19.5 Å². The Morgan fingerprint density at radius 2 is 2.33 bits per heavy atom. The number of hydrogen-bond acceptors (Lipinski definition) is 3. The molecule has 0 aliphatic rings. The third-order valence-electron chi connectivity index (χ3n) is 2.27.